The van der Waals surface area contributed by atoms with Gasteiger partial charge in [0.05, 0.1) is 16.3 Å². The zero-order chi connectivity index (χ0) is 14.0. The first kappa shape index (κ1) is 14.0. The third-order valence-corrected chi connectivity index (χ3v) is 3.37. The van der Waals surface area contributed by atoms with Crippen molar-refractivity contribution in [2.75, 3.05) is 5.32 Å². The van der Waals surface area contributed by atoms with E-state index >= 15 is 0 Å². The SMILES string of the molecule is O=C(Nc1cc(F)ccc1Cl)c1cc(F)ccc1Br. The number of amides is 1. The number of anilines is 1. The van der Waals surface area contributed by atoms with E-state index in [-0.39, 0.29) is 16.3 Å². The van der Waals surface area contributed by atoms with E-state index in [9.17, 15) is 13.6 Å². The Labute approximate surface area is 121 Å². The lowest BCUT2D eigenvalue weighted by atomic mass is 10.2. The number of rotatable bonds is 2. The second-order valence-corrected chi connectivity index (χ2v) is 4.96. The van der Waals surface area contributed by atoms with Crippen LogP contribution in [0.2, 0.25) is 5.02 Å². The summed E-state index contributed by atoms with van der Waals surface area (Å²) in [5.74, 6) is -1.66. The van der Waals surface area contributed by atoms with Crippen LogP contribution in [0, 0.1) is 11.6 Å². The van der Waals surface area contributed by atoms with E-state index in [4.69, 9.17) is 11.6 Å². The molecule has 0 aromatic heterocycles. The number of carbonyl (C=O) groups is 1. The zero-order valence-electron chi connectivity index (χ0n) is 9.38. The molecule has 1 N–H and O–H groups in total. The Morgan fingerprint density at radius 3 is 2.47 bits per heavy atom. The average molecular weight is 347 g/mol. The molecule has 1 amide bonds. The normalized spacial score (nSPS) is 10.3. The number of carbonyl (C=O) groups excluding carboxylic acids is 1. The van der Waals surface area contributed by atoms with Crippen LogP contribution in [0.4, 0.5) is 14.5 Å². The molecule has 0 aliphatic carbocycles. The highest BCUT2D eigenvalue weighted by Crippen LogP contribution is 2.25. The van der Waals surface area contributed by atoms with Crippen LogP contribution in [0.3, 0.4) is 0 Å². The Kier molecular flexibility index (Phi) is 4.17. The maximum absolute atomic E-state index is 13.1. The summed E-state index contributed by atoms with van der Waals surface area (Å²) in [4.78, 5) is 12.0. The second-order valence-electron chi connectivity index (χ2n) is 3.70. The van der Waals surface area contributed by atoms with Crippen molar-refractivity contribution in [1.29, 1.82) is 0 Å². The molecule has 0 aliphatic heterocycles. The monoisotopic (exact) mass is 345 g/mol. The zero-order valence-corrected chi connectivity index (χ0v) is 11.7. The van der Waals surface area contributed by atoms with E-state index in [0.717, 1.165) is 12.1 Å². The third kappa shape index (κ3) is 3.30. The van der Waals surface area contributed by atoms with Crippen LogP contribution in [-0.2, 0) is 0 Å². The molecule has 0 bridgehead atoms. The van der Waals surface area contributed by atoms with Crippen molar-refractivity contribution in [3.05, 3.63) is 63.1 Å². The highest BCUT2D eigenvalue weighted by molar-refractivity contribution is 9.10. The summed E-state index contributed by atoms with van der Waals surface area (Å²) in [6.45, 7) is 0. The first-order chi connectivity index (χ1) is 8.97. The number of halogens is 4. The van der Waals surface area contributed by atoms with E-state index in [1.165, 1.54) is 24.3 Å². The molecule has 98 valence electrons. The molecular weight excluding hydrogens is 340 g/mol. The van der Waals surface area contributed by atoms with E-state index in [1.54, 1.807) is 0 Å². The fraction of sp³-hybridized carbons (Fsp3) is 0. The minimum atomic E-state index is -0.584. The maximum atomic E-state index is 13.1. The van der Waals surface area contributed by atoms with E-state index in [0.29, 0.717) is 4.47 Å². The van der Waals surface area contributed by atoms with Crippen molar-refractivity contribution < 1.29 is 13.6 Å². The summed E-state index contributed by atoms with van der Waals surface area (Å²) in [5, 5.41) is 2.62. The van der Waals surface area contributed by atoms with Gasteiger partial charge in [-0.05, 0) is 52.3 Å². The molecular formula is C13H7BrClF2NO. The smallest absolute Gasteiger partial charge is 0.256 e. The summed E-state index contributed by atoms with van der Waals surface area (Å²) < 4.78 is 26.6. The number of benzene rings is 2. The molecule has 2 aromatic carbocycles. The van der Waals surface area contributed by atoms with Crippen LogP contribution < -0.4 is 5.32 Å². The largest absolute Gasteiger partial charge is 0.321 e. The van der Waals surface area contributed by atoms with Crippen LogP contribution in [0.5, 0.6) is 0 Å². The highest BCUT2D eigenvalue weighted by atomic mass is 79.9. The molecule has 0 aliphatic rings. The summed E-state index contributed by atoms with van der Waals surface area (Å²) in [6.07, 6.45) is 0. The lowest BCUT2D eigenvalue weighted by Crippen LogP contribution is -2.13. The van der Waals surface area contributed by atoms with Crippen LogP contribution in [0.25, 0.3) is 0 Å². The molecule has 2 nitrogen and oxygen atoms in total. The molecule has 0 spiro atoms. The van der Waals surface area contributed by atoms with Gasteiger partial charge in [-0.15, -0.1) is 0 Å². The van der Waals surface area contributed by atoms with Gasteiger partial charge >= 0.3 is 0 Å². The van der Waals surface area contributed by atoms with Crippen LogP contribution >= 0.6 is 27.5 Å². The third-order valence-electron chi connectivity index (χ3n) is 2.35. The fourth-order valence-corrected chi connectivity index (χ4v) is 2.05. The van der Waals surface area contributed by atoms with Crippen LogP contribution in [-0.4, -0.2) is 5.91 Å². The maximum Gasteiger partial charge on any atom is 0.256 e. The summed E-state index contributed by atoms with van der Waals surface area (Å²) in [7, 11) is 0. The van der Waals surface area contributed by atoms with Gasteiger partial charge in [0, 0.05) is 4.47 Å². The van der Waals surface area contributed by atoms with Gasteiger partial charge in [0.1, 0.15) is 11.6 Å². The van der Waals surface area contributed by atoms with Gasteiger partial charge in [-0.25, -0.2) is 8.78 Å². The Morgan fingerprint density at radius 2 is 1.74 bits per heavy atom. The minimum Gasteiger partial charge on any atom is -0.321 e. The minimum absolute atomic E-state index is 0.0975. The Hall–Kier alpha value is -1.46. The average Bonchev–Trinajstić information content (AvgIpc) is 2.36. The number of nitrogens with one attached hydrogen (secondary N) is 1. The lowest BCUT2D eigenvalue weighted by Gasteiger charge is -2.08. The van der Waals surface area contributed by atoms with Gasteiger partial charge in [-0.1, -0.05) is 11.6 Å². The summed E-state index contributed by atoms with van der Waals surface area (Å²) in [6, 6.07) is 7.30. The molecule has 19 heavy (non-hydrogen) atoms. The van der Waals surface area contributed by atoms with Gasteiger partial charge in [-0.3, -0.25) is 4.79 Å². The first-order valence-electron chi connectivity index (χ1n) is 5.19. The number of hydrogen-bond donors (Lipinski definition) is 1. The van der Waals surface area contributed by atoms with Crippen molar-refractivity contribution in [1.82, 2.24) is 0 Å². The van der Waals surface area contributed by atoms with Crippen molar-refractivity contribution in [3.63, 3.8) is 0 Å². The molecule has 6 heteroatoms. The van der Waals surface area contributed by atoms with Crippen LogP contribution in [0.15, 0.2) is 40.9 Å². The Bertz CT molecular complexity index is 649. The van der Waals surface area contributed by atoms with Crippen molar-refractivity contribution in [2.24, 2.45) is 0 Å². The van der Waals surface area contributed by atoms with Gasteiger partial charge < -0.3 is 5.32 Å². The molecule has 2 aromatic rings. The number of hydrogen-bond acceptors (Lipinski definition) is 1. The molecule has 0 saturated carbocycles. The molecule has 0 saturated heterocycles. The summed E-state index contributed by atoms with van der Waals surface area (Å²) in [5.41, 5.74) is 0.225. The molecule has 0 radical (unpaired) electrons. The molecule has 0 heterocycles. The first-order valence-corrected chi connectivity index (χ1v) is 6.36. The molecule has 0 atom stereocenters. The quantitative estimate of drug-likeness (QED) is 0.844. The van der Waals surface area contributed by atoms with Crippen molar-refractivity contribution in [3.8, 4) is 0 Å². The second kappa shape index (κ2) is 5.67. The van der Waals surface area contributed by atoms with Crippen molar-refractivity contribution in [2.45, 2.75) is 0 Å². The Morgan fingerprint density at radius 1 is 1.11 bits per heavy atom. The topological polar surface area (TPSA) is 29.1 Å². The van der Waals surface area contributed by atoms with E-state index in [2.05, 4.69) is 21.2 Å². The van der Waals surface area contributed by atoms with Gasteiger partial charge in [0.25, 0.3) is 5.91 Å². The van der Waals surface area contributed by atoms with Gasteiger partial charge in [0.2, 0.25) is 0 Å². The summed E-state index contributed by atoms with van der Waals surface area (Å²) >= 11 is 8.97. The predicted octanol–water partition coefficient (Wildman–Crippen LogP) is 4.63. The fourth-order valence-electron chi connectivity index (χ4n) is 1.45. The predicted molar refractivity (Wildman–Crippen MR) is 73.5 cm³/mol. The lowest BCUT2D eigenvalue weighted by molar-refractivity contribution is 0.102. The van der Waals surface area contributed by atoms with Crippen LogP contribution in [0.1, 0.15) is 10.4 Å². The molecule has 0 fully saturated rings. The van der Waals surface area contributed by atoms with Crippen molar-refractivity contribution >= 4 is 39.1 Å². The standard InChI is InChI=1S/C13H7BrClF2NO/c14-10-3-1-7(16)5-9(10)13(19)18-12-6-8(17)2-4-11(12)15/h1-6H,(H,18,19). The van der Waals surface area contributed by atoms with E-state index < -0.39 is 17.5 Å². The van der Waals surface area contributed by atoms with Gasteiger partial charge in [0.15, 0.2) is 0 Å². The van der Waals surface area contributed by atoms with Gasteiger partial charge in [-0.2, -0.15) is 0 Å². The molecule has 2 rings (SSSR count). The highest BCUT2D eigenvalue weighted by Gasteiger charge is 2.13. The Balaban J connectivity index is 2.30. The molecule has 0 unspecified atom stereocenters. The van der Waals surface area contributed by atoms with E-state index in [1.807, 2.05) is 0 Å².